The minimum absolute atomic E-state index is 0.000109. The van der Waals surface area contributed by atoms with Gasteiger partial charge in [0.05, 0.1) is 25.7 Å². The van der Waals surface area contributed by atoms with Crippen molar-refractivity contribution in [2.45, 2.75) is 110 Å². The number of carbonyl (C=O) groups excluding carboxylic acids is 3. The first-order valence-electron chi connectivity index (χ1n) is 20.0. The number of carboxylic acid groups (broad SMARTS) is 1. The summed E-state index contributed by atoms with van der Waals surface area (Å²) in [5, 5.41) is 14.9. The van der Waals surface area contributed by atoms with Crippen LogP contribution in [-0.4, -0.2) is 116 Å². The van der Waals surface area contributed by atoms with Gasteiger partial charge in [0.1, 0.15) is 29.3 Å². The number of likely N-dealkylation sites (tertiary alicyclic amines) is 1. The summed E-state index contributed by atoms with van der Waals surface area (Å²) >= 11 is 1.28. The van der Waals surface area contributed by atoms with Gasteiger partial charge in [-0.1, -0.05) is 59.6 Å². The van der Waals surface area contributed by atoms with Crippen LogP contribution in [0.4, 0.5) is 0 Å². The third kappa shape index (κ3) is 13.9. The Hall–Kier alpha value is -3.43. The number of carbonyl (C=O) groups is 4. The van der Waals surface area contributed by atoms with Crippen LogP contribution in [0.1, 0.15) is 107 Å². The highest BCUT2D eigenvalue weighted by molar-refractivity contribution is 7.09. The molecule has 1 aromatic heterocycles. The fourth-order valence-electron chi connectivity index (χ4n) is 7.43. The number of methoxy groups -OCH3 is 3. The molecular weight excluding hydrogens is 737 g/mol. The van der Waals surface area contributed by atoms with Gasteiger partial charge in [-0.05, 0) is 68.8 Å². The summed E-state index contributed by atoms with van der Waals surface area (Å²) in [5.41, 5.74) is 1.12. The number of nitrogens with zero attached hydrogens (tertiary/aromatic N) is 3. The van der Waals surface area contributed by atoms with Gasteiger partial charge in [-0.15, -0.1) is 11.3 Å². The normalized spacial score (nSPS) is 18.1. The number of nitrogens with one attached hydrogen (secondary N) is 1. The third-order valence-electron chi connectivity index (χ3n) is 11.1. The lowest BCUT2D eigenvalue weighted by Crippen LogP contribution is -2.50. The minimum Gasteiger partial charge on any atom is -0.497 e. The molecule has 56 heavy (non-hydrogen) atoms. The van der Waals surface area contributed by atoms with Crippen molar-refractivity contribution < 1.29 is 43.2 Å². The van der Waals surface area contributed by atoms with E-state index in [2.05, 4.69) is 37.9 Å². The highest BCUT2D eigenvalue weighted by atomic mass is 32.1. The molecule has 3 rings (SSSR count). The summed E-state index contributed by atoms with van der Waals surface area (Å²) < 4.78 is 22.3. The van der Waals surface area contributed by atoms with Crippen molar-refractivity contribution >= 4 is 34.9 Å². The Kier molecular flexibility index (Phi) is 19.9. The first-order chi connectivity index (χ1) is 26.7. The number of aliphatic carboxylic acids is 1. The second-order valence-corrected chi connectivity index (χ2v) is 16.4. The van der Waals surface area contributed by atoms with E-state index in [4.69, 9.17) is 23.9 Å². The number of amides is 2. The molecule has 14 heteroatoms. The zero-order valence-corrected chi connectivity index (χ0v) is 35.8. The fourth-order valence-corrected chi connectivity index (χ4v) is 8.29. The van der Waals surface area contributed by atoms with Gasteiger partial charge in [0.25, 0.3) is 5.91 Å². The molecule has 0 spiro atoms. The van der Waals surface area contributed by atoms with E-state index >= 15 is 0 Å². The van der Waals surface area contributed by atoms with E-state index in [1.165, 1.54) is 18.4 Å². The average molecular weight is 803 g/mol. The van der Waals surface area contributed by atoms with Crippen LogP contribution in [0.15, 0.2) is 29.6 Å². The summed E-state index contributed by atoms with van der Waals surface area (Å²) in [7, 11) is 6.73. The van der Waals surface area contributed by atoms with Crippen LogP contribution < -0.4 is 10.1 Å². The van der Waals surface area contributed by atoms with Crippen LogP contribution in [0.2, 0.25) is 0 Å². The SMILES string of the molecule is CCC(C)C(CC(=O)C1CCCCN1C)C(=O)N(CCOC)[C@H](C[C@@H](OCOC)c1nc(C(=O)N[C@@H](Cc2ccc(OC)cc2)C[C@H](C)C(=O)O)cs1)C(C)C. The number of ketones is 1. The molecule has 0 radical (unpaired) electrons. The largest absolute Gasteiger partial charge is 0.497 e. The quantitative estimate of drug-likeness (QED) is 0.109. The Balaban J connectivity index is 1.89. The molecule has 0 bridgehead atoms. The van der Waals surface area contributed by atoms with E-state index < -0.39 is 35.9 Å². The van der Waals surface area contributed by atoms with Crippen molar-refractivity contribution in [2.24, 2.45) is 23.7 Å². The molecule has 2 heterocycles. The number of piperidine rings is 1. The maximum Gasteiger partial charge on any atom is 0.306 e. The van der Waals surface area contributed by atoms with Crippen LogP contribution in [0.5, 0.6) is 5.75 Å². The zero-order valence-electron chi connectivity index (χ0n) is 35.0. The number of thiazole rings is 1. The summed E-state index contributed by atoms with van der Waals surface area (Å²) in [4.78, 5) is 62.7. The molecule has 3 unspecified atom stereocenters. The Bertz CT molecular complexity index is 1520. The van der Waals surface area contributed by atoms with Crippen molar-refractivity contribution in [2.75, 3.05) is 54.9 Å². The van der Waals surface area contributed by atoms with Gasteiger partial charge in [-0.3, -0.25) is 24.1 Å². The lowest BCUT2D eigenvalue weighted by Gasteiger charge is -2.40. The average Bonchev–Trinajstić information content (AvgIpc) is 3.68. The summed E-state index contributed by atoms with van der Waals surface area (Å²) in [6.07, 6.45) is 4.25. The van der Waals surface area contributed by atoms with E-state index in [1.54, 1.807) is 26.5 Å². The molecular formula is C42H66N4O9S. The molecule has 1 aliphatic rings. The Morgan fingerprint density at radius 3 is 2.34 bits per heavy atom. The Labute approximate surface area is 337 Å². The monoisotopic (exact) mass is 802 g/mol. The molecule has 1 saturated heterocycles. The predicted molar refractivity (Wildman–Crippen MR) is 217 cm³/mol. The number of rotatable bonds is 25. The van der Waals surface area contributed by atoms with Gasteiger partial charge in [0.15, 0.2) is 5.78 Å². The first-order valence-corrected chi connectivity index (χ1v) is 20.9. The fraction of sp³-hybridized carbons (Fsp3) is 0.690. The lowest BCUT2D eigenvalue weighted by molar-refractivity contribution is -0.146. The van der Waals surface area contributed by atoms with Crippen LogP contribution >= 0.6 is 11.3 Å². The van der Waals surface area contributed by atoms with E-state index in [-0.39, 0.29) is 60.9 Å². The van der Waals surface area contributed by atoms with Gasteiger partial charge in [0, 0.05) is 57.0 Å². The topological polar surface area (TPSA) is 157 Å². The lowest BCUT2D eigenvalue weighted by atomic mass is 9.82. The van der Waals surface area contributed by atoms with E-state index in [1.807, 2.05) is 36.2 Å². The standard InChI is InChI=1S/C42H66N4O9S/c1-10-28(4)33(23-37(47)35-13-11-12-18-45(35)6)41(49)46(19-20-52-7)36(27(2)3)24-38(55-26-53-8)40-44-34(25-56-40)39(48)43-31(21-29(5)42(50)51)22-30-14-16-32(54-9)17-15-30/h14-17,25,27-29,31,33,35-36,38H,10-13,18-24,26H2,1-9H3,(H,43,48)(H,50,51)/t28?,29-,31+,33?,35?,36+,38+/m0/s1. The van der Waals surface area contributed by atoms with Gasteiger partial charge < -0.3 is 34.3 Å². The van der Waals surface area contributed by atoms with Gasteiger partial charge in [-0.25, -0.2) is 4.98 Å². The van der Waals surface area contributed by atoms with Crippen molar-refractivity contribution in [3.05, 3.63) is 45.9 Å². The highest BCUT2D eigenvalue weighted by Gasteiger charge is 2.38. The van der Waals surface area contributed by atoms with E-state index in [9.17, 15) is 24.3 Å². The summed E-state index contributed by atoms with van der Waals surface area (Å²) in [6.45, 7) is 11.4. The van der Waals surface area contributed by atoms with Crippen molar-refractivity contribution in [3.8, 4) is 5.75 Å². The molecule has 314 valence electrons. The molecule has 2 N–H and O–H groups in total. The van der Waals surface area contributed by atoms with Crippen molar-refractivity contribution in [1.82, 2.24) is 20.1 Å². The molecule has 0 aliphatic carbocycles. The Morgan fingerprint density at radius 1 is 1.04 bits per heavy atom. The van der Waals surface area contributed by atoms with Crippen LogP contribution in [0.25, 0.3) is 0 Å². The van der Waals surface area contributed by atoms with Gasteiger partial charge >= 0.3 is 5.97 Å². The maximum atomic E-state index is 14.7. The minimum atomic E-state index is -0.940. The number of hydrogen-bond donors (Lipinski definition) is 2. The van der Waals surface area contributed by atoms with Gasteiger partial charge in [-0.2, -0.15) is 0 Å². The number of hydrogen-bond acceptors (Lipinski definition) is 11. The number of likely N-dealkylation sites (N-methyl/N-ethyl adjacent to an activating group) is 1. The van der Waals surface area contributed by atoms with Crippen LogP contribution in [-0.2, 0) is 35.0 Å². The second kappa shape index (κ2) is 23.7. The second-order valence-electron chi connectivity index (χ2n) is 15.6. The van der Waals surface area contributed by atoms with Gasteiger partial charge in [0.2, 0.25) is 5.91 Å². The number of aromatic nitrogens is 1. The highest BCUT2D eigenvalue weighted by Crippen LogP contribution is 2.33. The molecule has 2 aromatic rings. The molecule has 1 fully saturated rings. The Morgan fingerprint density at radius 2 is 1.75 bits per heavy atom. The van der Waals surface area contributed by atoms with Crippen molar-refractivity contribution in [1.29, 1.82) is 0 Å². The number of ether oxygens (including phenoxy) is 4. The number of benzene rings is 1. The third-order valence-corrected chi connectivity index (χ3v) is 12.0. The number of carboxylic acids is 1. The van der Waals surface area contributed by atoms with Crippen LogP contribution in [0, 0.1) is 23.7 Å². The van der Waals surface area contributed by atoms with E-state index in [0.29, 0.717) is 36.8 Å². The molecule has 2 amide bonds. The van der Waals surface area contributed by atoms with Crippen LogP contribution in [0.3, 0.4) is 0 Å². The summed E-state index contributed by atoms with van der Waals surface area (Å²) in [6, 6.07) is 6.50. The predicted octanol–water partition coefficient (Wildman–Crippen LogP) is 6.26. The molecule has 7 atom stereocenters. The smallest absolute Gasteiger partial charge is 0.306 e. The molecule has 13 nitrogen and oxygen atoms in total. The molecule has 1 aliphatic heterocycles. The molecule has 0 saturated carbocycles. The summed E-state index contributed by atoms with van der Waals surface area (Å²) in [5.74, 6) is -1.77. The molecule has 1 aromatic carbocycles. The van der Waals surface area contributed by atoms with Crippen molar-refractivity contribution in [3.63, 3.8) is 0 Å². The van der Waals surface area contributed by atoms with E-state index in [0.717, 1.165) is 37.8 Å². The first kappa shape index (κ1) is 46.9. The maximum absolute atomic E-state index is 14.7. The zero-order chi connectivity index (χ0) is 41.4. The number of Topliss-reactive ketones (excluding diaryl/α,β-unsaturated/α-hetero) is 1.